The molecule has 1 N–H and O–H groups in total. The number of carbonyl (C=O) groups is 2. The Morgan fingerprint density at radius 2 is 1.91 bits per heavy atom. The number of amides is 1. The van der Waals surface area contributed by atoms with Crippen LogP contribution in [0.1, 0.15) is 29.1 Å². The lowest BCUT2D eigenvalue weighted by Crippen LogP contribution is -2.28. The van der Waals surface area contributed by atoms with Crippen molar-refractivity contribution in [3.63, 3.8) is 0 Å². The van der Waals surface area contributed by atoms with Gasteiger partial charge in [-0.05, 0) is 30.7 Å². The minimum absolute atomic E-state index is 0.0487. The minimum atomic E-state index is -0.861. The Morgan fingerprint density at radius 3 is 2.45 bits per heavy atom. The molecule has 0 aliphatic carbocycles. The first-order valence-electron chi connectivity index (χ1n) is 6.85. The first-order valence-corrected chi connectivity index (χ1v) is 6.85. The molecule has 2 aromatic rings. The Kier molecular flexibility index (Phi) is 4.88. The second-order valence-electron chi connectivity index (χ2n) is 4.93. The van der Waals surface area contributed by atoms with Gasteiger partial charge in [-0.2, -0.15) is 0 Å². The van der Waals surface area contributed by atoms with E-state index in [2.05, 4.69) is 10.2 Å². The summed E-state index contributed by atoms with van der Waals surface area (Å²) < 4.78 is 5.32. The third-order valence-corrected chi connectivity index (χ3v) is 3.14. The molecule has 22 heavy (non-hydrogen) atoms. The molecular formula is C15H17N3O4. The molecule has 1 amide bonds. The van der Waals surface area contributed by atoms with E-state index < -0.39 is 5.97 Å². The number of aliphatic carboxylic acids is 1. The summed E-state index contributed by atoms with van der Waals surface area (Å²) in [5.41, 5.74) is 1.27. The normalized spacial score (nSPS) is 10.5. The molecule has 0 saturated carbocycles. The molecule has 0 spiro atoms. The summed E-state index contributed by atoms with van der Waals surface area (Å²) in [7, 11) is 1.65. The van der Waals surface area contributed by atoms with Crippen LogP contribution in [0.2, 0.25) is 0 Å². The molecule has 0 fully saturated rings. The number of hydrogen-bond acceptors (Lipinski definition) is 5. The molecule has 7 nitrogen and oxygen atoms in total. The van der Waals surface area contributed by atoms with Crippen LogP contribution in [0, 0.1) is 6.92 Å². The third kappa shape index (κ3) is 3.91. The molecule has 1 aromatic heterocycles. The molecule has 7 heteroatoms. The summed E-state index contributed by atoms with van der Waals surface area (Å²) >= 11 is 0. The highest BCUT2D eigenvalue weighted by molar-refractivity contribution is 5.94. The largest absolute Gasteiger partial charge is 0.481 e. The monoisotopic (exact) mass is 303 g/mol. The van der Waals surface area contributed by atoms with E-state index in [0.717, 1.165) is 5.56 Å². The minimum Gasteiger partial charge on any atom is -0.481 e. The molecule has 0 saturated heterocycles. The van der Waals surface area contributed by atoms with Crippen molar-refractivity contribution >= 4 is 11.9 Å². The number of aromatic nitrogens is 2. The number of carboxylic acid groups (broad SMARTS) is 1. The van der Waals surface area contributed by atoms with Crippen LogP contribution in [0.15, 0.2) is 28.7 Å². The zero-order valence-corrected chi connectivity index (χ0v) is 12.4. The maximum Gasteiger partial charge on any atom is 0.303 e. The first-order chi connectivity index (χ1) is 10.5. The molecule has 0 atom stereocenters. The fraction of sp³-hybridized carbons (Fsp3) is 0.333. The Bertz CT molecular complexity index is 664. The topological polar surface area (TPSA) is 96.5 Å². The molecule has 1 aromatic carbocycles. The Morgan fingerprint density at radius 1 is 1.23 bits per heavy atom. The second-order valence-corrected chi connectivity index (χ2v) is 4.93. The van der Waals surface area contributed by atoms with Crippen LogP contribution in [0.4, 0.5) is 0 Å². The van der Waals surface area contributed by atoms with E-state index in [9.17, 15) is 9.59 Å². The van der Waals surface area contributed by atoms with Crippen LogP contribution >= 0.6 is 0 Å². The highest BCUT2D eigenvalue weighted by Gasteiger charge is 2.13. The van der Waals surface area contributed by atoms with Crippen LogP contribution < -0.4 is 0 Å². The van der Waals surface area contributed by atoms with Crippen LogP contribution in [0.5, 0.6) is 0 Å². The molecule has 2 rings (SSSR count). The SMILES string of the molecule is Cc1nnc(-c2ccc(C(=O)N(C)CCCC(=O)O)cc2)o1. The number of carbonyl (C=O) groups excluding carboxylic acids is 1. The average Bonchev–Trinajstić information content (AvgIpc) is 2.93. The van der Waals surface area contributed by atoms with Gasteiger partial charge >= 0.3 is 5.97 Å². The molecule has 116 valence electrons. The quantitative estimate of drug-likeness (QED) is 0.876. The van der Waals surface area contributed by atoms with Crippen molar-refractivity contribution in [2.24, 2.45) is 0 Å². The summed E-state index contributed by atoms with van der Waals surface area (Å²) in [6, 6.07) is 6.85. The maximum atomic E-state index is 12.2. The van der Waals surface area contributed by atoms with E-state index in [0.29, 0.717) is 30.3 Å². The molecule has 0 aliphatic rings. The summed E-state index contributed by atoms with van der Waals surface area (Å²) in [5.74, 6) is -0.127. The van der Waals surface area contributed by atoms with E-state index in [-0.39, 0.29) is 12.3 Å². The smallest absolute Gasteiger partial charge is 0.303 e. The van der Waals surface area contributed by atoms with Crippen molar-refractivity contribution in [1.29, 1.82) is 0 Å². The average molecular weight is 303 g/mol. The Labute approximate surface area is 127 Å². The number of aryl methyl sites for hydroxylation is 1. The van der Waals surface area contributed by atoms with Gasteiger partial charge in [0.25, 0.3) is 5.91 Å². The molecule has 0 radical (unpaired) electrons. The molecular weight excluding hydrogens is 286 g/mol. The fourth-order valence-corrected chi connectivity index (χ4v) is 1.96. The van der Waals surface area contributed by atoms with Gasteiger partial charge in [0.2, 0.25) is 11.8 Å². The maximum absolute atomic E-state index is 12.2. The van der Waals surface area contributed by atoms with Crippen LogP contribution in [-0.4, -0.2) is 45.7 Å². The standard InChI is InChI=1S/C15H17N3O4/c1-10-16-17-14(22-10)11-5-7-12(8-6-11)15(21)18(2)9-3-4-13(19)20/h5-8H,3-4,9H2,1-2H3,(H,19,20). The van der Waals surface area contributed by atoms with Gasteiger partial charge in [0.05, 0.1) is 0 Å². The lowest BCUT2D eigenvalue weighted by Gasteiger charge is -2.16. The van der Waals surface area contributed by atoms with Crippen LogP contribution in [-0.2, 0) is 4.79 Å². The second kappa shape index (κ2) is 6.84. The lowest BCUT2D eigenvalue weighted by atomic mass is 10.1. The lowest BCUT2D eigenvalue weighted by molar-refractivity contribution is -0.137. The van der Waals surface area contributed by atoms with Crippen molar-refractivity contribution in [1.82, 2.24) is 15.1 Å². The number of benzene rings is 1. The highest BCUT2D eigenvalue weighted by atomic mass is 16.4. The van der Waals surface area contributed by atoms with Crippen LogP contribution in [0.3, 0.4) is 0 Å². The van der Waals surface area contributed by atoms with Gasteiger partial charge in [-0.3, -0.25) is 9.59 Å². The fourth-order valence-electron chi connectivity index (χ4n) is 1.96. The highest BCUT2D eigenvalue weighted by Crippen LogP contribution is 2.18. The van der Waals surface area contributed by atoms with Gasteiger partial charge in [0.1, 0.15) is 0 Å². The summed E-state index contributed by atoms with van der Waals surface area (Å²) in [5, 5.41) is 16.3. The van der Waals surface area contributed by atoms with E-state index >= 15 is 0 Å². The number of rotatable bonds is 6. The summed E-state index contributed by atoms with van der Waals surface area (Å²) in [6.45, 7) is 2.11. The zero-order chi connectivity index (χ0) is 16.1. The zero-order valence-electron chi connectivity index (χ0n) is 12.4. The predicted octanol–water partition coefficient (Wildman–Crippen LogP) is 1.98. The van der Waals surface area contributed by atoms with E-state index in [1.807, 2.05) is 0 Å². The summed E-state index contributed by atoms with van der Waals surface area (Å²) in [6.07, 6.45) is 0.476. The van der Waals surface area contributed by atoms with E-state index in [1.54, 1.807) is 38.2 Å². The summed E-state index contributed by atoms with van der Waals surface area (Å²) in [4.78, 5) is 24.2. The Balaban J connectivity index is 2.00. The van der Waals surface area contributed by atoms with E-state index in [4.69, 9.17) is 9.52 Å². The van der Waals surface area contributed by atoms with Crippen molar-refractivity contribution in [3.05, 3.63) is 35.7 Å². The van der Waals surface area contributed by atoms with E-state index in [1.165, 1.54) is 4.90 Å². The van der Waals surface area contributed by atoms with Crippen molar-refractivity contribution in [3.8, 4) is 11.5 Å². The number of hydrogen-bond donors (Lipinski definition) is 1. The van der Waals surface area contributed by atoms with Gasteiger partial charge in [0.15, 0.2) is 0 Å². The van der Waals surface area contributed by atoms with Crippen LogP contribution in [0.25, 0.3) is 11.5 Å². The molecule has 0 aliphatic heterocycles. The van der Waals surface area contributed by atoms with Gasteiger partial charge in [-0.1, -0.05) is 0 Å². The van der Waals surface area contributed by atoms with Gasteiger partial charge < -0.3 is 14.4 Å². The van der Waals surface area contributed by atoms with Crippen molar-refractivity contribution in [2.45, 2.75) is 19.8 Å². The molecule has 0 unspecified atom stereocenters. The molecule has 1 heterocycles. The number of nitrogens with zero attached hydrogens (tertiary/aromatic N) is 3. The molecule has 0 bridgehead atoms. The third-order valence-electron chi connectivity index (χ3n) is 3.14. The number of carboxylic acids is 1. The van der Waals surface area contributed by atoms with Gasteiger partial charge in [-0.25, -0.2) is 0 Å². The van der Waals surface area contributed by atoms with Crippen molar-refractivity contribution < 1.29 is 19.1 Å². The van der Waals surface area contributed by atoms with Gasteiger partial charge in [-0.15, -0.1) is 10.2 Å². The predicted molar refractivity (Wildman–Crippen MR) is 78.3 cm³/mol. The van der Waals surface area contributed by atoms with Gasteiger partial charge in [0, 0.05) is 38.1 Å². The van der Waals surface area contributed by atoms with Crippen molar-refractivity contribution in [2.75, 3.05) is 13.6 Å². The first kappa shape index (κ1) is 15.7. The Hall–Kier alpha value is -2.70.